The van der Waals surface area contributed by atoms with Gasteiger partial charge in [-0.15, -0.1) is 0 Å². The lowest BCUT2D eigenvalue weighted by Gasteiger charge is -2.20. The number of nitriles is 1. The number of rotatable bonds is 5. The third-order valence-corrected chi connectivity index (χ3v) is 4.98. The molecule has 0 unspecified atom stereocenters. The van der Waals surface area contributed by atoms with E-state index in [4.69, 9.17) is 9.78 Å². The van der Waals surface area contributed by atoms with E-state index in [2.05, 4.69) is 15.1 Å². The Morgan fingerprint density at radius 2 is 2.14 bits per heavy atom. The largest absolute Gasteiger partial charge is 0.339 e. The summed E-state index contributed by atoms with van der Waals surface area (Å²) < 4.78 is 5.32. The predicted octanol–water partition coefficient (Wildman–Crippen LogP) is 3.54. The van der Waals surface area contributed by atoms with Crippen molar-refractivity contribution >= 4 is 5.91 Å². The minimum Gasteiger partial charge on any atom is -0.339 e. The van der Waals surface area contributed by atoms with Gasteiger partial charge in [-0.1, -0.05) is 23.7 Å². The molecule has 1 saturated carbocycles. The number of hydrogen-bond donors (Lipinski definition) is 0. The number of pyridine rings is 1. The van der Waals surface area contributed by atoms with Crippen molar-refractivity contribution in [2.75, 3.05) is 7.05 Å². The van der Waals surface area contributed by atoms with Crippen LogP contribution in [0.5, 0.6) is 0 Å². The van der Waals surface area contributed by atoms with Crippen LogP contribution in [-0.4, -0.2) is 33.0 Å². The van der Waals surface area contributed by atoms with E-state index in [1.54, 1.807) is 30.3 Å². The molecule has 2 aromatic heterocycles. The van der Waals surface area contributed by atoms with Crippen LogP contribution in [0.2, 0.25) is 0 Å². The lowest BCUT2D eigenvalue weighted by atomic mass is 9.85. The van der Waals surface area contributed by atoms with Crippen molar-refractivity contribution in [2.24, 2.45) is 0 Å². The third kappa shape index (κ3) is 3.62. The van der Waals surface area contributed by atoms with Crippen molar-refractivity contribution in [1.29, 1.82) is 5.26 Å². The summed E-state index contributed by atoms with van der Waals surface area (Å²) in [7, 11) is 1.72. The van der Waals surface area contributed by atoms with E-state index in [1.807, 2.05) is 30.3 Å². The van der Waals surface area contributed by atoms with Gasteiger partial charge in [0.1, 0.15) is 11.8 Å². The van der Waals surface area contributed by atoms with Crippen molar-refractivity contribution in [2.45, 2.75) is 31.7 Å². The topological polar surface area (TPSA) is 95.9 Å². The second-order valence-electron chi connectivity index (χ2n) is 6.96. The summed E-state index contributed by atoms with van der Waals surface area (Å²) >= 11 is 0. The maximum atomic E-state index is 12.8. The van der Waals surface area contributed by atoms with Gasteiger partial charge in [0.05, 0.1) is 6.54 Å². The van der Waals surface area contributed by atoms with Crippen LogP contribution in [0.15, 0.2) is 47.1 Å². The third-order valence-electron chi connectivity index (χ3n) is 4.98. The average molecular weight is 373 g/mol. The predicted molar refractivity (Wildman–Crippen MR) is 101 cm³/mol. The summed E-state index contributed by atoms with van der Waals surface area (Å²) in [5.74, 6) is 1.45. The minimum atomic E-state index is -0.126. The first-order valence-corrected chi connectivity index (χ1v) is 9.18. The Kier molecular flexibility index (Phi) is 4.85. The van der Waals surface area contributed by atoms with Gasteiger partial charge in [-0.2, -0.15) is 10.2 Å². The molecule has 4 rings (SSSR count). The van der Waals surface area contributed by atoms with E-state index in [0.29, 0.717) is 28.9 Å². The molecule has 28 heavy (non-hydrogen) atoms. The van der Waals surface area contributed by atoms with E-state index in [-0.39, 0.29) is 12.5 Å². The summed E-state index contributed by atoms with van der Waals surface area (Å²) in [6.45, 7) is 0.289. The first-order valence-electron chi connectivity index (χ1n) is 9.18. The monoisotopic (exact) mass is 373 g/mol. The standard InChI is InChI=1S/C21H19N5O2/c1-26(13-19-24-20(28-25-19)14-4-2-5-14)21(27)16-7-3-6-15(10-16)17-8-9-18(11-22)23-12-17/h3,6-10,12,14H,2,4-5,13H2,1H3. The van der Waals surface area contributed by atoms with Gasteiger partial charge in [0.25, 0.3) is 5.91 Å². The number of carbonyl (C=O) groups is 1. The van der Waals surface area contributed by atoms with Crippen molar-refractivity contribution < 1.29 is 9.32 Å². The maximum absolute atomic E-state index is 12.8. The van der Waals surface area contributed by atoms with Gasteiger partial charge in [0.15, 0.2) is 5.82 Å². The summed E-state index contributed by atoms with van der Waals surface area (Å²) in [5, 5.41) is 12.9. The SMILES string of the molecule is CN(Cc1noc(C2CCC2)n1)C(=O)c1cccc(-c2ccc(C#N)nc2)c1. The van der Waals surface area contributed by atoms with Crippen LogP contribution in [-0.2, 0) is 6.54 Å². The van der Waals surface area contributed by atoms with Crippen LogP contribution in [0.1, 0.15) is 52.9 Å². The number of carbonyl (C=O) groups excluding carboxylic acids is 1. The Morgan fingerprint density at radius 1 is 1.29 bits per heavy atom. The van der Waals surface area contributed by atoms with E-state index >= 15 is 0 Å². The molecular formula is C21H19N5O2. The molecule has 1 amide bonds. The minimum absolute atomic E-state index is 0.126. The number of benzene rings is 1. The molecule has 140 valence electrons. The molecular weight excluding hydrogens is 354 g/mol. The van der Waals surface area contributed by atoms with Gasteiger partial charge in [-0.25, -0.2) is 4.98 Å². The molecule has 0 N–H and O–H groups in total. The summed E-state index contributed by atoms with van der Waals surface area (Å²) in [4.78, 5) is 22.9. The zero-order valence-corrected chi connectivity index (χ0v) is 15.5. The maximum Gasteiger partial charge on any atom is 0.254 e. The van der Waals surface area contributed by atoms with Gasteiger partial charge in [-0.3, -0.25) is 4.79 Å². The van der Waals surface area contributed by atoms with Gasteiger partial charge in [0.2, 0.25) is 5.89 Å². The highest BCUT2D eigenvalue weighted by atomic mass is 16.5. The van der Waals surface area contributed by atoms with Crippen LogP contribution < -0.4 is 0 Å². The fourth-order valence-corrected chi connectivity index (χ4v) is 3.12. The van der Waals surface area contributed by atoms with E-state index in [1.165, 1.54) is 6.42 Å². The smallest absolute Gasteiger partial charge is 0.254 e. The molecule has 3 aromatic rings. The van der Waals surface area contributed by atoms with Gasteiger partial charge in [-0.05, 0) is 42.7 Å². The summed E-state index contributed by atoms with van der Waals surface area (Å²) in [6, 6.07) is 12.8. The molecule has 1 aromatic carbocycles. The van der Waals surface area contributed by atoms with Gasteiger partial charge < -0.3 is 9.42 Å². The fraction of sp³-hybridized carbons (Fsp3) is 0.286. The molecule has 0 radical (unpaired) electrons. The zero-order valence-electron chi connectivity index (χ0n) is 15.5. The second kappa shape index (κ2) is 7.61. The molecule has 0 bridgehead atoms. The summed E-state index contributed by atoms with van der Waals surface area (Å²) in [6.07, 6.45) is 5.01. The fourth-order valence-electron chi connectivity index (χ4n) is 3.12. The van der Waals surface area contributed by atoms with Crippen LogP contribution >= 0.6 is 0 Å². The molecule has 0 spiro atoms. The first kappa shape index (κ1) is 17.9. The normalized spacial score (nSPS) is 13.6. The van der Waals surface area contributed by atoms with Crippen LogP contribution in [0, 0.1) is 11.3 Å². The van der Waals surface area contributed by atoms with E-state index in [0.717, 1.165) is 24.0 Å². The van der Waals surface area contributed by atoms with Crippen molar-refractivity contribution in [1.82, 2.24) is 20.0 Å². The molecule has 1 aliphatic rings. The lowest BCUT2D eigenvalue weighted by Crippen LogP contribution is -2.26. The second-order valence-corrected chi connectivity index (χ2v) is 6.96. The Balaban J connectivity index is 1.47. The highest BCUT2D eigenvalue weighted by molar-refractivity contribution is 5.95. The highest BCUT2D eigenvalue weighted by Crippen LogP contribution is 2.35. The van der Waals surface area contributed by atoms with Crippen molar-refractivity contribution in [3.8, 4) is 17.2 Å². The van der Waals surface area contributed by atoms with Crippen LogP contribution in [0.3, 0.4) is 0 Å². The van der Waals surface area contributed by atoms with Crippen molar-refractivity contribution in [3.63, 3.8) is 0 Å². The Bertz CT molecular complexity index is 1030. The molecule has 0 saturated heterocycles. The Hall–Kier alpha value is -3.53. The Morgan fingerprint density at radius 3 is 2.82 bits per heavy atom. The molecule has 0 aliphatic heterocycles. The molecule has 7 heteroatoms. The number of nitrogens with zero attached hydrogens (tertiary/aromatic N) is 5. The molecule has 7 nitrogen and oxygen atoms in total. The quantitative estimate of drug-likeness (QED) is 0.679. The first-order chi connectivity index (χ1) is 13.6. The van der Waals surface area contributed by atoms with Gasteiger partial charge in [0, 0.05) is 30.3 Å². The van der Waals surface area contributed by atoms with Crippen molar-refractivity contribution in [3.05, 3.63) is 65.6 Å². The molecule has 0 atom stereocenters. The molecule has 2 heterocycles. The van der Waals surface area contributed by atoms with E-state index < -0.39 is 0 Å². The zero-order chi connectivity index (χ0) is 19.5. The number of amides is 1. The molecule has 1 fully saturated rings. The average Bonchev–Trinajstić information content (AvgIpc) is 3.13. The summed E-state index contributed by atoms with van der Waals surface area (Å²) in [5.41, 5.74) is 2.63. The highest BCUT2D eigenvalue weighted by Gasteiger charge is 2.26. The molecule has 1 aliphatic carbocycles. The Labute approximate surface area is 162 Å². The lowest BCUT2D eigenvalue weighted by molar-refractivity contribution is 0.0780. The van der Waals surface area contributed by atoms with Gasteiger partial charge >= 0.3 is 0 Å². The van der Waals surface area contributed by atoms with E-state index in [9.17, 15) is 4.79 Å². The van der Waals surface area contributed by atoms with Crippen LogP contribution in [0.4, 0.5) is 0 Å². The number of aromatic nitrogens is 3. The number of hydrogen-bond acceptors (Lipinski definition) is 6. The van der Waals surface area contributed by atoms with Crippen LogP contribution in [0.25, 0.3) is 11.1 Å².